The molecule has 1 saturated heterocycles. The summed E-state index contributed by atoms with van der Waals surface area (Å²) < 4.78 is 38.9. The quantitative estimate of drug-likeness (QED) is 0.842. The topological polar surface area (TPSA) is 41.1 Å². The Balaban J connectivity index is 0.00000180. The van der Waals surface area contributed by atoms with Crippen molar-refractivity contribution < 1.29 is 18.0 Å². The molecule has 0 aliphatic carbocycles. The van der Waals surface area contributed by atoms with Crippen LogP contribution in [0.25, 0.3) is 0 Å². The molecule has 1 aliphatic rings. The van der Waals surface area contributed by atoms with Crippen LogP contribution in [0.2, 0.25) is 0 Å². The molecular formula is C12H14ClF3N2O. The molecule has 1 unspecified atom stereocenters. The third kappa shape index (κ3) is 4.11. The van der Waals surface area contributed by atoms with Crippen LogP contribution in [0.5, 0.6) is 0 Å². The predicted octanol–water partition coefficient (Wildman–Crippen LogP) is 2.61. The van der Waals surface area contributed by atoms with Gasteiger partial charge in [-0.15, -0.1) is 12.4 Å². The summed E-state index contributed by atoms with van der Waals surface area (Å²) in [5, 5.41) is 5.36. The van der Waals surface area contributed by atoms with Crippen LogP contribution in [0.1, 0.15) is 19.3 Å². The average Bonchev–Trinajstić information content (AvgIpc) is 2.78. The summed E-state index contributed by atoms with van der Waals surface area (Å²) >= 11 is 0. The Kier molecular flexibility index (Phi) is 5.62. The van der Waals surface area contributed by atoms with E-state index < -0.39 is 23.4 Å². The first-order valence-corrected chi connectivity index (χ1v) is 5.74. The number of hydrogen-bond acceptors (Lipinski definition) is 2. The minimum atomic E-state index is -1.28. The largest absolute Gasteiger partial charge is 0.323 e. The zero-order chi connectivity index (χ0) is 13.1. The maximum atomic E-state index is 13.3. The van der Waals surface area contributed by atoms with Crippen molar-refractivity contribution in [2.75, 3.05) is 11.9 Å². The highest BCUT2D eigenvalue weighted by Gasteiger charge is 2.19. The lowest BCUT2D eigenvalue weighted by molar-refractivity contribution is -0.116. The molecule has 0 saturated carbocycles. The molecule has 1 heterocycles. The summed E-state index contributed by atoms with van der Waals surface area (Å²) in [5.41, 5.74) is -0.336. The molecule has 0 radical (unpaired) electrons. The van der Waals surface area contributed by atoms with E-state index in [1.807, 2.05) is 0 Å². The monoisotopic (exact) mass is 294 g/mol. The van der Waals surface area contributed by atoms with Crippen molar-refractivity contribution in [1.29, 1.82) is 0 Å². The maximum Gasteiger partial charge on any atom is 0.226 e. The minimum absolute atomic E-state index is 0. The summed E-state index contributed by atoms with van der Waals surface area (Å²) in [6.45, 7) is 0.859. The van der Waals surface area contributed by atoms with Gasteiger partial charge in [-0.1, -0.05) is 0 Å². The molecule has 1 aromatic rings. The molecule has 1 aromatic carbocycles. The molecule has 0 spiro atoms. The number of anilines is 1. The van der Waals surface area contributed by atoms with E-state index in [1.54, 1.807) is 0 Å². The van der Waals surface area contributed by atoms with E-state index >= 15 is 0 Å². The summed E-state index contributed by atoms with van der Waals surface area (Å²) in [6, 6.07) is 1.13. The highest BCUT2D eigenvalue weighted by molar-refractivity contribution is 5.91. The molecule has 0 aromatic heterocycles. The van der Waals surface area contributed by atoms with Crippen molar-refractivity contribution in [3.63, 3.8) is 0 Å². The van der Waals surface area contributed by atoms with Gasteiger partial charge >= 0.3 is 0 Å². The van der Waals surface area contributed by atoms with E-state index in [-0.39, 0.29) is 30.6 Å². The Morgan fingerprint density at radius 3 is 2.58 bits per heavy atom. The highest BCUT2D eigenvalue weighted by atomic mass is 35.5. The first-order chi connectivity index (χ1) is 8.56. The van der Waals surface area contributed by atoms with Gasteiger partial charge in [0.25, 0.3) is 0 Å². The first kappa shape index (κ1) is 15.8. The maximum absolute atomic E-state index is 13.3. The molecule has 106 valence electrons. The Morgan fingerprint density at radius 2 is 1.95 bits per heavy atom. The number of carbonyl (C=O) groups excluding carboxylic acids is 1. The Morgan fingerprint density at radius 1 is 1.26 bits per heavy atom. The van der Waals surface area contributed by atoms with Gasteiger partial charge in [-0.2, -0.15) is 0 Å². The molecule has 19 heavy (non-hydrogen) atoms. The van der Waals surface area contributed by atoms with Crippen LogP contribution in [-0.4, -0.2) is 18.5 Å². The van der Waals surface area contributed by atoms with Crippen LogP contribution in [-0.2, 0) is 4.79 Å². The van der Waals surface area contributed by atoms with Crippen molar-refractivity contribution in [2.24, 2.45) is 0 Å². The van der Waals surface area contributed by atoms with Gasteiger partial charge in [0.05, 0.1) is 5.69 Å². The van der Waals surface area contributed by atoms with E-state index in [0.717, 1.165) is 19.4 Å². The van der Waals surface area contributed by atoms with Crippen LogP contribution in [0.15, 0.2) is 12.1 Å². The van der Waals surface area contributed by atoms with E-state index in [1.165, 1.54) is 0 Å². The van der Waals surface area contributed by atoms with Gasteiger partial charge in [-0.25, -0.2) is 13.2 Å². The van der Waals surface area contributed by atoms with E-state index in [2.05, 4.69) is 10.6 Å². The number of carbonyl (C=O) groups is 1. The highest BCUT2D eigenvalue weighted by Crippen LogP contribution is 2.19. The van der Waals surface area contributed by atoms with Crippen LogP contribution in [0, 0.1) is 17.5 Å². The fourth-order valence-corrected chi connectivity index (χ4v) is 1.97. The normalized spacial score (nSPS) is 17.9. The SMILES string of the molecule is Cl.O=C(CC1CCCN1)Nc1cc(F)c(F)cc1F. The van der Waals surface area contributed by atoms with Crippen molar-refractivity contribution in [3.8, 4) is 0 Å². The Labute approximate surface area is 115 Å². The second kappa shape index (κ2) is 6.77. The van der Waals surface area contributed by atoms with Crippen LogP contribution in [0.3, 0.4) is 0 Å². The van der Waals surface area contributed by atoms with Crippen molar-refractivity contribution >= 4 is 24.0 Å². The molecule has 1 amide bonds. The van der Waals surface area contributed by atoms with Gasteiger partial charge in [0.1, 0.15) is 5.82 Å². The minimum Gasteiger partial charge on any atom is -0.323 e. The van der Waals surface area contributed by atoms with Crippen LogP contribution < -0.4 is 10.6 Å². The number of benzene rings is 1. The summed E-state index contributed by atoms with van der Waals surface area (Å²) in [6.07, 6.45) is 2.07. The second-order valence-corrected chi connectivity index (χ2v) is 4.29. The van der Waals surface area contributed by atoms with Crippen molar-refractivity contribution in [2.45, 2.75) is 25.3 Å². The van der Waals surface area contributed by atoms with Crippen molar-refractivity contribution in [3.05, 3.63) is 29.6 Å². The third-order valence-corrected chi connectivity index (χ3v) is 2.88. The lowest BCUT2D eigenvalue weighted by Gasteiger charge is -2.11. The Bertz CT molecular complexity index is 465. The molecule has 2 rings (SSSR count). The van der Waals surface area contributed by atoms with Crippen LogP contribution in [0.4, 0.5) is 18.9 Å². The van der Waals surface area contributed by atoms with Gasteiger partial charge in [0, 0.05) is 24.6 Å². The van der Waals surface area contributed by atoms with E-state index in [9.17, 15) is 18.0 Å². The smallest absolute Gasteiger partial charge is 0.226 e. The zero-order valence-corrected chi connectivity index (χ0v) is 10.8. The Hall–Kier alpha value is -1.27. The number of rotatable bonds is 3. The molecule has 2 N–H and O–H groups in total. The summed E-state index contributed by atoms with van der Waals surface area (Å²) in [7, 11) is 0. The van der Waals surface area contributed by atoms with Gasteiger partial charge < -0.3 is 10.6 Å². The summed E-state index contributed by atoms with van der Waals surface area (Å²) in [4.78, 5) is 11.6. The molecule has 1 fully saturated rings. The number of halogens is 4. The molecule has 7 heteroatoms. The summed E-state index contributed by atoms with van der Waals surface area (Å²) in [5.74, 6) is -3.87. The third-order valence-electron chi connectivity index (χ3n) is 2.88. The molecule has 1 aliphatic heterocycles. The number of amides is 1. The number of hydrogen-bond donors (Lipinski definition) is 2. The molecule has 0 bridgehead atoms. The lowest BCUT2D eigenvalue weighted by Crippen LogP contribution is -2.27. The fraction of sp³-hybridized carbons (Fsp3) is 0.417. The molecular weight excluding hydrogens is 281 g/mol. The van der Waals surface area contributed by atoms with E-state index in [4.69, 9.17) is 0 Å². The second-order valence-electron chi connectivity index (χ2n) is 4.29. The first-order valence-electron chi connectivity index (χ1n) is 5.74. The molecule has 1 atom stereocenters. The lowest BCUT2D eigenvalue weighted by atomic mass is 10.1. The van der Waals surface area contributed by atoms with Crippen molar-refractivity contribution in [1.82, 2.24) is 5.32 Å². The predicted molar refractivity (Wildman–Crippen MR) is 67.8 cm³/mol. The standard InChI is InChI=1S/C12H13F3N2O.ClH/c13-8-5-10(15)11(6-9(8)14)17-12(18)4-7-2-1-3-16-7;/h5-7,16H,1-4H2,(H,17,18);1H. The van der Waals surface area contributed by atoms with Gasteiger partial charge in [-0.05, 0) is 19.4 Å². The zero-order valence-electron chi connectivity index (χ0n) is 10.0. The van der Waals surface area contributed by atoms with Gasteiger partial charge in [-0.3, -0.25) is 4.79 Å². The van der Waals surface area contributed by atoms with Crippen LogP contribution >= 0.6 is 12.4 Å². The molecule has 3 nitrogen and oxygen atoms in total. The van der Waals surface area contributed by atoms with E-state index in [0.29, 0.717) is 12.1 Å². The van der Waals surface area contributed by atoms with Gasteiger partial charge in [0.15, 0.2) is 11.6 Å². The average molecular weight is 295 g/mol. The fourth-order valence-electron chi connectivity index (χ4n) is 1.97. The number of nitrogens with one attached hydrogen (secondary N) is 2. The van der Waals surface area contributed by atoms with Gasteiger partial charge in [0.2, 0.25) is 5.91 Å².